The first-order valence-electron chi connectivity index (χ1n) is 7.83. The monoisotopic (exact) mass is 234 g/mol. The summed E-state index contributed by atoms with van der Waals surface area (Å²) in [5.41, 5.74) is 0. The highest BCUT2D eigenvalue weighted by molar-refractivity contribution is 5.18. The molecular weight excluding hydrogens is 208 g/mol. The molecule has 1 aliphatic heterocycles. The van der Waals surface area contributed by atoms with Gasteiger partial charge in [0.05, 0.1) is 0 Å². The molecule has 2 nitrogen and oxygen atoms in total. The number of hydrogen-bond acceptors (Lipinski definition) is 2. The second-order valence-electron chi connectivity index (χ2n) is 6.94. The lowest BCUT2D eigenvalue weighted by Crippen LogP contribution is -2.30. The lowest BCUT2D eigenvalue weighted by atomic mass is 10.0. The van der Waals surface area contributed by atoms with Crippen LogP contribution in [0.1, 0.15) is 32.6 Å². The average molecular weight is 234 g/mol. The lowest BCUT2D eigenvalue weighted by Gasteiger charge is -2.20. The molecule has 3 aliphatic carbocycles. The van der Waals surface area contributed by atoms with Gasteiger partial charge in [-0.15, -0.1) is 0 Å². The number of fused-ring (bicyclic) bond motifs is 5. The Morgan fingerprint density at radius 1 is 1.12 bits per heavy atom. The van der Waals surface area contributed by atoms with Crippen LogP contribution in [0, 0.1) is 29.6 Å². The largest absolute Gasteiger partial charge is 0.317 e. The summed E-state index contributed by atoms with van der Waals surface area (Å²) in [7, 11) is 0. The Morgan fingerprint density at radius 2 is 1.88 bits per heavy atom. The minimum atomic E-state index is 0.939. The van der Waals surface area contributed by atoms with Crippen molar-refractivity contribution in [3.63, 3.8) is 0 Å². The van der Waals surface area contributed by atoms with Crippen LogP contribution in [0.3, 0.4) is 0 Å². The maximum absolute atomic E-state index is 3.52. The third-order valence-electron chi connectivity index (χ3n) is 6.12. The maximum atomic E-state index is 3.52. The molecule has 96 valence electrons. The molecule has 1 N–H and O–H groups in total. The van der Waals surface area contributed by atoms with Crippen molar-refractivity contribution in [1.82, 2.24) is 10.2 Å². The van der Waals surface area contributed by atoms with Crippen LogP contribution in [0.5, 0.6) is 0 Å². The lowest BCUT2D eigenvalue weighted by molar-refractivity contribution is 0.257. The summed E-state index contributed by atoms with van der Waals surface area (Å²) >= 11 is 0. The first-order chi connectivity index (χ1) is 8.38. The summed E-state index contributed by atoms with van der Waals surface area (Å²) in [6.45, 7) is 7.39. The Bertz CT molecular complexity index is 287. The molecule has 0 amide bonds. The molecule has 0 spiro atoms. The topological polar surface area (TPSA) is 15.3 Å². The summed E-state index contributed by atoms with van der Waals surface area (Å²) in [6.07, 6.45) is 6.17. The smallest absolute Gasteiger partial charge is 0.0164 e. The van der Waals surface area contributed by atoms with E-state index < -0.39 is 0 Å². The first kappa shape index (κ1) is 10.8. The molecule has 5 unspecified atom stereocenters. The second kappa shape index (κ2) is 3.96. The molecule has 2 heteroatoms. The van der Waals surface area contributed by atoms with Crippen molar-refractivity contribution in [2.75, 3.05) is 26.2 Å². The predicted molar refractivity (Wildman–Crippen MR) is 69.8 cm³/mol. The molecule has 0 aromatic carbocycles. The van der Waals surface area contributed by atoms with Gasteiger partial charge in [0.15, 0.2) is 0 Å². The Hall–Kier alpha value is -0.0800. The molecule has 4 aliphatic rings. The van der Waals surface area contributed by atoms with Gasteiger partial charge in [-0.3, -0.25) is 4.90 Å². The fourth-order valence-corrected chi connectivity index (χ4v) is 5.41. The van der Waals surface area contributed by atoms with Crippen LogP contribution >= 0.6 is 0 Å². The minimum absolute atomic E-state index is 0.939. The van der Waals surface area contributed by atoms with Crippen molar-refractivity contribution < 1.29 is 0 Å². The van der Waals surface area contributed by atoms with Gasteiger partial charge in [-0.05, 0) is 74.9 Å². The number of rotatable bonds is 4. The van der Waals surface area contributed by atoms with Crippen LogP contribution in [0.15, 0.2) is 0 Å². The average Bonchev–Trinajstić information content (AvgIpc) is 2.78. The molecule has 0 aromatic rings. The summed E-state index contributed by atoms with van der Waals surface area (Å²) in [6, 6.07) is 1.04. The van der Waals surface area contributed by atoms with E-state index in [1.165, 1.54) is 26.1 Å². The molecule has 4 rings (SSSR count). The van der Waals surface area contributed by atoms with Crippen LogP contribution in [-0.2, 0) is 0 Å². The molecule has 4 fully saturated rings. The van der Waals surface area contributed by atoms with E-state index >= 15 is 0 Å². The van der Waals surface area contributed by atoms with Crippen molar-refractivity contribution in [3.05, 3.63) is 0 Å². The van der Waals surface area contributed by atoms with Crippen LogP contribution in [0.4, 0.5) is 0 Å². The molecule has 0 aromatic heterocycles. The third kappa shape index (κ3) is 1.60. The third-order valence-corrected chi connectivity index (χ3v) is 6.12. The summed E-state index contributed by atoms with van der Waals surface area (Å²) in [5, 5.41) is 3.52. The van der Waals surface area contributed by atoms with Crippen molar-refractivity contribution in [1.29, 1.82) is 0 Å². The highest BCUT2D eigenvalue weighted by Crippen LogP contribution is 2.67. The Morgan fingerprint density at radius 3 is 2.59 bits per heavy atom. The van der Waals surface area contributed by atoms with Gasteiger partial charge in [-0.25, -0.2) is 0 Å². The fourth-order valence-electron chi connectivity index (χ4n) is 5.41. The van der Waals surface area contributed by atoms with Gasteiger partial charge in [0.2, 0.25) is 0 Å². The standard InChI is InChI=1S/C15H26N2/c1-2-16-8-10-5-6-17(9-10)15-13-11-3-4-12(7-11)14(13)15/h10-16H,2-9H2,1H3. The number of likely N-dealkylation sites (tertiary alicyclic amines) is 1. The van der Waals surface area contributed by atoms with Crippen molar-refractivity contribution in [3.8, 4) is 0 Å². The highest BCUT2D eigenvalue weighted by atomic mass is 15.2. The molecule has 17 heavy (non-hydrogen) atoms. The number of nitrogens with zero attached hydrogens (tertiary/aromatic N) is 1. The van der Waals surface area contributed by atoms with E-state index in [0.717, 1.165) is 42.2 Å². The Kier molecular flexibility index (Phi) is 2.52. The van der Waals surface area contributed by atoms with E-state index in [0.29, 0.717) is 0 Å². The molecule has 3 saturated carbocycles. The van der Waals surface area contributed by atoms with Gasteiger partial charge >= 0.3 is 0 Å². The molecular formula is C15H26N2. The molecule has 1 heterocycles. The van der Waals surface area contributed by atoms with E-state index in [2.05, 4.69) is 17.1 Å². The van der Waals surface area contributed by atoms with E-state index in [4.69, 9.17) is 0 Å². The predicted octanol–water partition coefficient (Wildman–Crippen LogP) is 1.96. The first-order valence-corrected chi connectivity index (χ1v) is 7.83. The van der Waals surface area contributed by atoms with E-state index in [9.17, 15) is 0 Å². The SMILES string of the molecule is CCNCC1CCN(C2C3C4CCC(C4)C32)C1. The summed E-state index contributed by atoms with van der Waals surface area (Å²) in [5.74, 6) is 5.51. The minimum Gasteiger partial charge on any atom is -0.317 e. The van der Waals surface area contributed by atoms with Crippen molar-refractivity contribution >= 4 is 0 Å². The zero-order valence-corrected chi connectivity index (χ0v) is 11.1. The van der Waals surface area contributed by atoms with Crippen molar-refractivity contribution in [2.45, 2.75) is 38.6 Å². The van der Waals surface area contributed by atoms with Crippen LogP contribution in [-0.4, -0.2) is 37.1 Å². The zero-order chi connectivity index (χ0) is 11.4. The van der Waals surface area contributed by atoms with E-state index in [1.807, 2.05) is 0 Å². The Balaban J connectivity index is 1.34. The van der Waals surface area contributed by atoms with Gasteiger partial charge in [-0.2, -0.15) is 0 Å². The molecule has 1 saturated heterocycles. The zero-order valence-electron chi connectivity index (χ0n) is 11.1. The van der Waals surface area contributed by atoms with Gasteiger partial charge in [-0.1, -0.05) is 6.92 Å². The van der Waals surface area contributed by atoms with Gasteiger partial charge in [0, 0.05) is 12.6 Å². The maximum Gasteiger partial charge on any atom is 0.0164 e. The van der Waals surface area contributed by atoms with Crippen LogP contribution < -0.4 is 5.32 Å². The molecule has 2 bridgehead atoms. The van der Waals surface area contributed by atoms with Crippen molar-refractivity contribution in [2.24, 2.45) is 29.6 Å². The molecule has 0 radical (unpaired) electrons. The summed E-state index contributed by atoms with van der Waals surface area (Å²) < 4.78 is 0. The van der Waals surface area contributed by atoms with E-state index in [1.54, 1.807) is 19.3 Å². The van der Waals surface area contributed by atoms with Gasteiger partial charge in [0.25, 0.3) is 0 Å². The number of hydrogen-bond donors (Lipinski definition) is 1. The fraction of sp³-hybridized carbons (Fsp3) is 1.00. The quantitative estimate of drug-likeness (QED) is 0.800. The van der Waals surface area contributed by atoms with Gasteiger partial charge in [0.1, 0.15) is 0 Å². The van der Waals surface area contributed by atoms with E-state index in [-0.39, 0.29) is 0 Å². The van der Waals surface area contributed by atoms with Gasteiger partial charge < -0.3 is 5.32 Å². The highest BCUT2D eigenvalue weighted by Gasteiger charge is 2.66. The normalized spacial score (nSPS) is 52.1. The van der Waals surface area contributed by atoms with Crippen LogP contribution in [0.2, 0.25) is 0 Å². The Labute approximate surface area is 105 Å². The van der Waals surface area contributed by atoms with Crippen LogP contribution in [0.25, 0.3) is 0 Å². The number of nitrogens with one attached hydrogen (secondary N) is 1. The summed E-state index contributed by atoms with van der Waals surface area (Å²) in [4.78, 5) is 2.86. The molecule has 5 atom stereocenters. The second-order valence-corrected chi connectivity index (χ2v) is 6.94.